The highest BCUT2D eigenvalue weighted by atomic mass is 16.2. The molecule has 1 amide bonds. The Balaban J connectivity index is 3.49. The second-order valence-corrected chi connectivity index (χ2v) is 4.46. The van der Waals surface area contributed by atoms with Crippen molar-refractivity contribution in [3.05, 3.63) is 0 Å². The van der Waals surface area contributed by atoms with Crippen molar-refractivity contribution in [1.29, 1.82) is 0 Å². The molecular formula is C12H26N2O2. The summed E-state index contributed by atoms with van der Waals surface area (Å²) in [5.41, 5.74) is 0. The van der Waals surface area contributed by atoms with Crippen LogP contribution in [0.5, 0.6) is 0 Å². The lowest BCUT2D eigenvalue weighted by molar-refractivity contribution is -0.129. The van der Waals surface area contributed by atoms with Gasteiger partial charge in [-0.2, -0.15) is 0 Å². The van der Waals surface area contributed by atoms with E-state index in [1.54, 1.807) is 4.90 Å². The van der Waals surface area contributed by atoms with Gasteiger partial charge in [0, 0.05) is 39.2 Å². The lowest BCUT2D eigenvalue weighted by Crippen LogP contribution is -2.32. The molecule has 0 atom stereocenters. The topological polar surface area (TPSA) is 52.6 Å². The van der Waals surface area contributed by atoms with Crippen LogP contribution >= 0.6 is 0 Å². The van der Waals surface area contributed by atoms with Crippen molar-refractivity contribution < 1.29 is 9.90 Å². The molecule has 0 spiro atoms. The van der Waals surface area contributed by atoms with E-state index in [0.717, 1.165) is 32.4 Å². The average Bonchev–Trinajstić information content (AvgIpc) is 2.23. The first-order valence-corrected chi connectivity index (χ1v) is 6.16. The number of unbranched alkanes of at least 4 members (excludes halogenated alkanes) is 2. The van der Waals surface area contributed by atoms with Crippen LogP contribution < -0.4 is 5.32 Å². The molecule has 0 saturated carbocycles. The molecule has 0 aliphatic rings. The summed E-state index contributed by atoms with van der Waals surface area (Å²) in [5, 5.41) is 11.8. The third-order valence-corrected chi connectivity index (χ3v) is 2.47. The summed E-state index contributed by atoms with van der Waals surface area (Å²) in [6.45, 7) is 5.93. The minimum Gasteiger partial charge on any atom is -0.396 e. The van der Waals surface area contributed by atoms with E-state index in [2.05, 4.69) is 19.2 Å². The summed E-state index contributed by atoms with van der Waals surface area (Å²) in [6.07, 6.45) is 3.35. The van der Waals surface area contributed by atoms with Crippen LogP contribution in [0.15, 0.2) is 0 Å². The van der Waals surface area contributed by atoms with Gasteiger partial charge in [-0.25, -0.2) is 0 Å². The number of hydrogen-bond acceptors (Lipinski definition) is 3. The Hall–Kier alpha value is -0.610. The van der Waals surface area contributed by atoms with Gasteiger partial charge in [0.2, 0.25) is 5.91 Å². The van der Waals surface area contributed by atoms with Gasteiger partial charge in [0.15, 0.2) is 0 Å². The number of aliphatic hydroxyl groups is 1. The molecule has 16 heavy (non-hydrogen) atoms. The number of carbonyl (C=O) groups excluding carboxylic acids is 1. The van der Waals surface area contributed by atoms with Crippen molar-refractivity contribution in [3.63, 3.8) is 0 Å². The first kappa shape index (κ1) is 15.4. The first-order valence-electron chi connectivity index (χ1n) is 6.16. The largest absolute Gasteiger partial charge is 0.396 e. The predicted molar refractivity (Wildman–Crippen MR) is 66.3 cm³/mol. The fourth-order valence-corrected chi connectivity index (χ4v) is 1.42. The van der Waals surface area contributed by atoms with Crippen LogP contribution in [0.4, 0.5) is 0 Å². The molecule has 4 nitrogen and oxygen atoms in total. The number of aliphatic hydroxyl groups excluding tert-OH is 1. The van der Waals surface area contributed by atoms with E-state index in [-0.39, 0.29) is 12.5 Å². The summed E-state index contributed by atoms with van der Waals surface area (Å²) < 4.78 is 0. The van der Waals surface area contributed by atoms with Crippen molar-refractivity contribution in [3.8, 4) is 0 Å². The van der Waals surface area contributed by atoms with E-state index in [1.165, 1.54) is 0 Å². The normalized spacial score (nSPS) is 10.8. The molecule has 0 radical (unpaired) electrons. The van der Waals surface area contributed by atoms with E-state index in [1.807, 2.05) is 7.05 Å². The van der Waals surface area contributed by atoms with E-state index in [9.17, 15) is 4.79 Å². The van der Waals surface area contributed by atoms with Gasteiger partial charge in [-0.3, -0.25) is 4.79 Å². The molecule has 0 aromatic rings. The highest BCUT2D eigenvalue weighted by Crippen LogP contribution is 1.98. The Labute approximate surface area is 99.0 Å². The zero-order valence-electron chi connectivity index (χ0n) is 10.8. The highest BCUT2D eigenvalue weighted by Gasteiger charge is 2.07. The zero-order chi connectivity index (χ0) is 12.4. The van der Waals surface area contributed by atoms with Crippen LogP contribution in [0.2, 0.25) is 0 Å². The van der Waals surface area contributed by atoms with E-state index in [0.29, 0.717) is 12.5 Å². The Kier molecular flexibility index (Phi) is 9.24. The van der Waals surface area contributed by atoms with Gasteiger partial charge in [0.05, 0.1) is 0 Å². The summed E-state index contributed by atoms with van der Waals surface area (Å²) in [7, 11) is 1.84. The standard InChI is InChI=1S/C12H26N2O2/c1-11(2)13-8-7-12(16)14(3)9-5-4-6-10-15/h11,13,15H,4-10H2,1-3H3. The molecule has 4 heteroatoms. The molecule has 0 fully saturated rings. The molecule has 0 bridgehead atoms. The van der Waals surface area contributed by atoms with Gasteiger partial charge < -0.3 is 15.3 Å². The third-order valence-electron chi connectivity index (χ3n) is 2.47. The first-order chi connectivity index (χ1) is 7.57. The Morgan fingerprint density at radius 3 is 2.56 bits per heavy atom. The number of amides is 1. The lowest BCUT2D eigenvalue weighted by Gasteiger charge is -2.17. The summed E-state index contributed by atoms with van der Waals surface area (Å²) in [5.74, 6) is 0.192. The maximum atomic E-state index is 11.6. The predicted octanol–water partition coefficient (Wildman–Crippen LogP) is 0.995. The quantitative estimate of drug-likeness (QED) is 0.581. The monoisotopic (exact) mass is 230 g/mol. The summed E-state index contributed by atoms with van der Waals surface area (Å²) in [4.78, 5) is 13.4. The van der Waals surface area contributed by atoms with Crippen molar-refractivity contribution >= 4 is 5.91 Å². The van der Waals surface area contributed by atoms with Gasteiger partial charge in [0.25, 0.3) is 0 Å². The van der Waals surface area contributed by atoms with Crippen molar-refractivity contribution in [2.24, 2.45) is 0 Å². The maximum absolute atomic E-state index is 11.6. The molecule has 0 aromatic carbocycles. The smallest absolute Gasteiger partial charge is 0.223 e. The Morgan fingerprint density at radius 1 is 1.31 bits per heavy atom. The fraction of sp³-hybridized carbons (Fsp3) is 0.917. The minimum absolute atomic E-state index is 0.192. The summed E-state index contributed by atoms with van der Waals surface area (Å²) in [6, 6.07) is 0.433. The average molecular weight is 230 g/mol. The minimum atomic E-state index is 0.192. The maximum Gasteiger partial charge on any atom is 0.223 e. The van der Waals surface area contributed by atoms with Crippen LogP contribution in [0.3, 0.4) is 0 Å². The molecule has 0 aliphatic carbocycles. The fourth-order valence-electron chi connectivity index (χ4n) is 1.42. The Morgan fingerprint density at radius 2 is 2.00 bits per heavy atom. The molecule has 0 rings (SSSR count). The van der Waals surface area contributed by atoms with E-state index < -0.39 is 0 Å². The van der Waals surface area contributed by atoms with Gasteiger partial charge in [-0.1, -0.05) is 13.8 Å². The van der Waals surface area contributed by atoms with E-state index in [4.69, 9.17) is 5.11 Å². The van der Waals surface area contributed by atoms with Crippen LogP contribution in [0.1, 0.15) is 39.5 Å². The Bertz CT molecular complexity index is 184. The van der Waals surface area contributed by atoms with Crippen LogP contribution in [0, 0.1) is 0 Å². The van der Waals surface area contributed by atoms with Gasteiger partial charge >= 0.3 is 0 Å². The number of hydrogen-bond donors (Lipinski definition) is 2. The molecular weight excluding hydrogens is 204 g/mol. The molecule has 0 unspecified atom stereocenters. The van der Waals surface area contributed by atoms with Crippen LogP contribution in [-0.4, -0.2) is 48.7 Å². The van der Waals surface area contributed by atoms with Gasteiger partial charge in [-0.15, -0.1) is 0 Å². The van der Waals surface area contributed by atoms with Crippen LogP contribution in [-0.2, 0) is 4.79 Å². The zero-order valence-corrected chi connectivity index (χ0v) is 10.8. The number of nitrogens with zero attached hydrogens (tertiary/aromatic N) is 1. The second-order valence-electron chi connectivity index (χ2n) is 4.46. The van der Waals surface area contributed by atoms with Crippen molar-refractivity contribution in [2.45, 2.75) is 45.6 Å². The van der Waals surface area contributed by atoms with Crippen LogP contribution in [0.25, 0.3) is 0 Å². The lowest BCUT2D eigenvalue weighted by atomic mass is 10.2. The molecule has 0 saturated heterocycles. The van der Waals surface area contributed by atoms with Crippen molar-refractivity contribution in [1.82, 2.24) is 10.2 Å². The molecule has 0 aromatic heterocycles. The second kappa shape index (κ2) is 9.60. The third kappa shape index (κ3) is 8.68. The highest BCUT2D eigenvalue weighted by molar-refractivity contribution is 5.76. The molecule has 0 aliphatic heterocycles. The van der Waals surface area contributed by atoms with Gasteiger partial charge in [-0.05, 0) is 19.3 Å². The number of nitrogens with one attached hydrogen (secondary N) is 1. The van der Waals surface area contributed by atoms with E-state index >= 15 is 0 Å². The number of carbonyl (C=O) groups is 1. The molecule has 0 heterocycles. The summed E-state index contributed by atoms with van der Waals surface area (Å²) >= 11 is 0. The molecule has 2 N–H and O–H groups in total. The molecule has 96 valence electrons. The number of rotatable bonds is 9. The SMILES string of the molecule is CC(C)NCCC(=O)N(C)CCCCCO. The van der Waals surface area contributed by atoms with Gasteiger partial charge in [0.1, 0.15) is 0 Å². The van der Waals surface area contributed by atoms with Crippen molar-refractivity contribution in [2.75, 3.05) is 26.7 Å².